The molecule has 33 heavy (non-hydrogen) atoms. The number of aryl methyl sites for hydroxylation is 1. The molecule has 1 N–H and O–H groups in total. The smallest absolute Gasteiger partial charge is 0.148 e. The van der Waals surface area contributed by atoms with Gasteiger partial charge in [-0.15, -0.1) is 0 Å². The topological polar surface area (TPSA) is 32.3 Å². The van der Waals surface area contributed by atoms with Crippen molar-refractivity contribution >= 4 is 17.1 Å². The predicted octanol–water partition coefficient (Wildman–Crippen LogP) is 6.60. The largest absolute Gasteiger partial charge is 0.383 e. The molecular formula is C30H38N2O. The van der Waals surface area contributed by atoms with Crippen molar-refractivity contribution in [2.75, 3.05) is 6.54 Å². The molecule has 2 heterocycles. The Bertz CT molecular complexity index is 1100. The molecule has 2 aliphatic heterocycles. The minimum absolute atomic E-state index is 0.0792. The van der Waals surface area contributed by atoms with Gasteiger partial charge in [-0.2, -0.15) is 0 Å². The number of ketones is 1. The average Bonchev–Trinajstić information content (AvgIpc) is 2.73. The number of benzene rings is 1. The lowest BCUT2D eigenvalue weighted by atomic mass is 9.75. The second-order valence-electron chi connectivity index (χ2n) is 10.3. The number of carbonyl (C=O) groups is 1. The minimum Gasteiger partial charge on any atom is -0.383 e. The highest BCUT2D eigenvalue weighted by Crippen LogP contribution is 2.45. The summed E-state index contributed by atoms with van der Waals surface area (Å²) >= 11 is 0. The molecule has 1 atom stereocenters. The van der Waals surface area contributed by atoms with Crippen LogP contribution in [0.5, 0.6) is 0 Å². The Morgan fingerprint density at radius 1 is 1.27 bits per heavy atom. The number of nitrogens with one attached hydrogen (secondary N) is 1. The molecule has 174 valence electrons. The maximum Gasteiger partial charge on any atom is 0.148 e. The van der Waals surface area contributed by atoms with E-state index >= 15 is 0 Å². The van der Waals surface area contributed by atoms with Crippen LogP contribution >= 0.6 is 0 Å². The monoisotopic (exact) mass is 442 g/mol. The van der Waals surface area contributed by atoms with E-state index in [1.165, 1.54) is 28.0 Å². The molecule has 0 radical (unpaired) electrons. The molecule has 3 heteroatoms. The van der Waals surface area contributed by atoms with E-state index in [2.05, 4.69) is 82.1 Å². The van der Waals surface area contributed by atoms with Crippen molar-refractivity contribution in [1.82, 2.24) is 10.2 Å². The first-order valence-corrected chi connectivity index (χ1v) is 11.8. The molecule has 0 aromatic heterocycles. The number of carbonyl (C=O) groups excluding carboxylic acids is 1. The maximum atomic E-state index is 11.4. The highest BCUT2D eigenvalue weighted by molar-refractivity contribution is 5.82. The second kappa shape index (κ2) is 9.43. The standard InChI is InChI=1S/C30H38N2O/c1-10-22-13-26-24(14-25(22)23(11-2)17-31-16-21(6)33)15-29(30(7,8)9)32-18-27(19(3)4)20(5)12-28(26)32/h11-14,17-18,29,31H,2-3,5,10,15-16H2,1,4,6-9H3/b23-17+. The number of fused-ring (bicyclic) bond motifs is 3. The first-order valence-electron chi connectivity index (χ1n) is 11.8. The van der Waals surface area contributed by atoms with Crippen LogP contribution in [0.1, 0.15) is 63.8 Å². The van der Waals surface area contributed by atoms with E-state index in [0.29, 0.717) is 12.6 Å². The van der Waals surface area contributed by atoms with Crippen LogP contribution in [0.2, 0.25) is 0 Å². The fourth-order valence-corrected chi connectivity index (χ4v) is 4.71. The van der Waals surface area contributed by atoms with E-state index in [1.807, 2.05) is 19.2 Å². The van der Waals surface area contributed by atoms with Crippen LogP contribution in [-0.4, -0.2) is 23.3 Å². The van der Waals surface area contributed by atoms with Crippen LogP contribution in [0.3, 0.4) is 0 Å². The van der Waals surface area contributed by atoms with Gasteiger partial charge in [0.1, 0.15) is 5.78 Å². The van der Waals surface area contributed by atoms with Crippen LogP contribution in [0, 0.1) is 5.41 Å². The van der Waals surface area contributed by atoms with Crippen molar-refractivity contribution < 1.29 is 4.79 Å². The molecule has 0 spiro atoms. The minimum atomic E-state index is 0.0792. The van der Waals surface area contributed by atoms with Gasteiger partial charge in [0.15, 0.2) is 0 Å². The molecule has 1 unspecified atom stereocenters. The fraction of sp³-hybridized carbons (Fsp3) is 0.367. The fourth-order valence-electron chi connectivity index (χ4n) is 4.71. The van der Waals surface area contributed by atoms with Crippen molar-refractivity contribution in [3.05, 3.63) is 95.4 Å². The van der Waals surface area contributed by atoms with E-state index in [4.69, 9.17) is 0 Å². The summed E-state index contributed by atoms with van der Waals surface area (Å²) in [5.74, 6) is 0.107. The van der Waals surface area contributed by atoms with Gasteiger partial charge in [-0.25, -0.2) is 0 Å². The van der Waals surface area contributed by atoms with Gasteiger partial charge >= 0.3 is 0 Å². The first kappa shape index (κ1) is 24.6. The SMILES string of the molecule is C=C/C(=C\NCC(C)=O)c1cc2c(cc1CC)C1=CC(=C)C(C(=C)C)=CN1C(C(C)(C)C)C2. The van der Waals surface area contributed by atoms with E-state index in [-0.39, 0.29) is 11.2 Å². The van der Waals surface area contributed by atoms with Crippen LogP contribution in [-0.2, 0) is 17.6 Å². The van der Waals surface area contributed by atoms with Gasteiger partial charge < -0.3 is 10.2 Å². The van der Waals surface area contributed by atoms with Crippen molar-refractivity contribution in [3.8, 4) is 0 Å². The third-order valence-electron chi connectivity index (χ3n) is 6.54. The Morgan fingerprint density at radius 3 is 2.52 bits per heavy atom. The maximum absolute atomic E-state index is 11.4. The summed E-state index contributed by atoms with van der Waals surface area (Å²) in [7, 11) is 0. The Balaban J connectivity index is 2.17. The van der Waals surface area contributed by atoms with Gasteiger partial charge in [0, 0.05) is 29.7 Å². The number of nitrogens with zero attached hydrogens (tertiary/aromatic N) is 1. The lowest BCUT2D eigenvalue weighted by molar-refractivity contribution is -0.116. The van der Waals surface area contributed by atoms with Crippen molar-refractivity contribution in [3.63, 3.8) is 0 Å². The Kier molecular flexibility index (Phi) is 7.02. The third-order valence-corrected chi connectivity index (χ3v) is 6.54. The third kappa shape index (κ3) is 4.98. The summed E-state index contributed by atoms with van der Waals surface area (Å²) < 4.78 is 0. The Morgan fingerprint density at radius 2 is 1.97 bits per heavy atom. The molecule has 2 aliphatic rings. The molecule has 1 aromatic rings. The molecule has 1 aromatic carbocycles. The summed E-state index contributed by atoms with van der Waals surface area (Å²) in [4.78, 5) is 13.8. The number of allylic oxidation sites excluding steroid dienone is 6. The molecule has 0 fully saturated rings. The highest BCUT2D eigenvalue weighted by Gasteiger charge is 2.38. The molecule has 0 amide bonds. The van der Waals surface area contributed by atoms with Crippen LogP contribution in [0.4, 0.5) is 0 Å². The zero-order valence-electron chi connectivity index (χ0n) is 21.1. The average molecular weight is 443 g/mol. The zero-order valence-corrected chi connectivity index (χ0v) is 21.1. The summed E-state index contributed by atoms with van der Waals surface area (Å²) in [5, 5.41) is 3.14. The van der Waals surface area contributed by atoms with Gasteiger partial charge in [0.25, 0.3) is 0 Å². The predicted molar refractivity (Wildman–Crippen MR) is 141 cm³/mol. The molecular weight excluding hydrogens is 404 g/mol. The van der Waals surface area contributed by atoms with E-state index in [1.54, 1.807) is 6.92 Å². The summed E-state index contributed by atoms with van der Waals surface area (Å²) in [5.41, 5.74) is 10.5. The zero-order chi connectivity index (χ0) is 24.5. The summed E-state index contributed by atoms with van der Waals surface area (Å²) in [6.45, 7) is 25.6. The van der Waals surface area contributed by atoms with Gasteiger partial charge in [0.2, 0.25) is 0 Å². The molecule has 0 aliphatic carbocycles. The normalized spacial score (nSPS) is 18.1. The first-order chi connectivity index (χ1) is 15.5. The highest BCUT2D eigenvalue weighted by atomic mass is 16.1. The second-order valence-corrected chi connectivity index (χ2v) is 10.3. The van der Waals surface area contributed by atoms with E-state index in [0.717, 1.165) is 35.1 Å². The Labute approximate surface area is 200 Å². The van der Waals surface area contributed by atoms with Gasteiger partial charge in [-0.1, -0.05) is 59.6 Å². The van der Waals surface area contributed by atoms with Crippen molar-refractivity contribution in [1.29, 1.82) is 0 Å². The lowest BCUT2D eigenvalue weighted by Gasteiger charge is -2.47. The van der Waals surface area contributed by atoms with Crippen LogP contribution in [0.25, 0.3) is 11.3 Å². The van der Waals surface area contributed by atoms with Crippen molar-refractivity contribution in [2.24, 2.45) is 5.41 Å². The van der Waals surface area contributed by atoms with Crippen LogP contribution < -0.4 is 5.32 Å². The van der Waals surface area contributed by atoms with Gasteiger partial charge in [-0.3, -0.25) is 4.79 Å². The van der Waals surface area contributed by atoms with Crippen LogP contribution in [0.15, 0.2) is 73.1 Å². The van der Waals surface area contributed by atoms with Crippen molar-refractivity contribution in [2.45, 2.75) is 60.4 Å². The molecule has 0 bridgehead atoms. The molecule has 0 saturated heterocycles. The molecule has 3 rings (SSSR count). The van der Waals surface area contributed by atoms with Gasteiger partial charge in [-0.05, 0) is 83.2 Å². The number of hydrogen-bond donors (Lipinski definition) is 1. The van der Waals surface area contributed by atoms with E-state index in [9.17, 15) is 4.79 Å². The van der Waals surface area contributed by atoms with Gasteiger partial charge in [0.05, 0.1) is 6.54 Å². The lowest BCUT2D eigenvalue weighted by Crippen LogP contribution is -2.45. The van der Waals surface area contributed by atoms with E-state index < -0.39 is 0 Å². The number of Topliss-reactive ketones (excluding diaryl/α,β-unsaturated/α-hetero) is 1. The molecule has 3 nitrogen and oxygen atoms in total. The number of hydrogen-bond acceptors (Lipinski definition) is 3. The number of rotatable bonds is 7. The quantitative estimate of drug-likeness (QED) is 0.483. The summed E-state index contributed by atoms with van der Waals surface area (Å²) in [6, 6.07) is 4.97. The molecule has 0 saturated carbocycles. The summed E-state index contributed by atoms with van der Waals surface area (Å²) in [6.07, 6.45) is 10.1. The Hall–Kier alpha value is -3.07.